The Kier molecular flexibility index (Phi) is 6.42. The van der Waals surface area contributed by atoms with Crippen molar-refractivity contribution in [1.82, 2.24) is 10.3 Å². The fourth-order valence-corrected chi connectivity index (χ4v) is 5.18. The van der Waals surface area contributed by atoms with Crippen molar-refractivity contribution in [2.24, 2.45) is 5.41 Å². The molecule has 0 saturated carbocycles. The number of anilines is 1. The molecule has 1 amide bonds. The highest BCUT2D eigenvalue weighted by molar-refractivity contribution is 6.09. The standard InChI is InChI=1S/C31H31N3O3/c1-19-13-14-26(32-18-19)34-30(36)27-20(2)33-24-16-31(3,4)17-25(35)29(24)28(27)21-9-8-12-23(15-21)37-22-10-6-5-7-11-22/h5-15,18,28,33H,16-17H2,1-4H3,(H,32,34,36)/t28-/m0/s1. The highest BCUT2D eigenvalue weighted by Crippen LogP contribution is 2.47. The summed E-state index contributed by atoms with van der Waals surface area (Å²) in [5, 5.41) is 6.35. The molecule has 1 aliphatic heterocycles. The number of hydrogen-bond acceptors (Lipinski definition) is 5. The molecule has 188 valence electrons. The van der Waals surface area contributed by atoms with Crippen molar-refractivity contribution in [2.45, 2.75) is 46.5 Å². The number of ketones is 1. The second-order valence-electron chi connectivity index (χ2n) is 10.6. The molecule has 0 fully saturated rings. The number of Topliss-reactive ketones (excluding diaryl/α,β-unsaturated/α-hetero) is 1. The Morgan fingerprint density at radius 2 is 1.76 bits per heavy atom. The van der Waals surface area contributed by atoms with Gasteiger partial charge in [-0.25, -0.2) is 4.98 Å². The fraction of sp³-hybridized carbons (Fsp3) is 0.258. The molecule has 6 heteroatoms. The third-order valence-electron chi connectivity index (χ3n) is 6.81. The molecule has 2 heterocycles. The zero-order valence-electron chi connectivity index (χ0n) is 21.6. The second-order valence-corrected chi connectivity index (χ2v) is 10.6. The van der Waals surface area contributed by atoms with Crippen LogP contribution in [0.5, 0.6) is 11.5 Å². The average molecular weight is 494 g/mol. The maximum Gasteiger partial charge on any atom is 0.255 e. The summed E-state index contributed by atoms with van der Waals surface area (Å²) in [6.45, 7) is 8.04. The van der Waals surface area contributed by atoms with E-state index in [1.165, 1.54) is 0 Å². The molecule has 0 radical (unpaired) electrons. The van der Waals surface area contributed by atoms with E-state index >= 15 is 0 Å². The molecule has 0 spiro atoms. The first kappa shape index (κ1) is 24.5. The van der Waals surface area contributed by atoms with E-state index < -0.39 is 5.92 Å². The van der Waals surface area contributed by atoms with Crippen LogP contribution in [0, 0.1) is 12.3 Å². The fourth-order valence-electron chi connectivity index (χ4n) is 5.18. The molecule has 0 bridgehead atoms. The Morgan fingerprint density at radius 1 is 1.00 bits per heavy atom. The maximum absolute atomic E-state index is 13.7. The lowest BCUT2D eigenvalue weighted by molar-refractivity contribution is -0.118. The number of nitrogens with zero attached hydrogens (tertiary/aromatic N) is 1. The maximum atomic E-state index is 13.7. The van der Waals surface area contributed by atoms with E-state index in [4.69, 9.17) is 4.74 Å². The molecule has 1 aromatic heterocycles. The highest BCUT2D eigenvalue weighted by Gasteiger charge is 2.42. The van der Waals surface area contributed by atoms with Gasteiger partial charge in [0.1, 0.15) is 17.3 Å². The molecular weight excluding hydrogens is 462 g/mol. The van der Waals surface area contributed by atoms with Crippen LogP contribution in [0.2, 0.25) is 0 Å². The summed E-state index contributed by atoms with van der Waals surface area (Å²) in [6.07, 6.45) is 2.87. The van der Waals surface area contributed by atoms with Crippen molar-refractivity contribution in [2.75, 3.05) is 5.32 Å². The molecule has 37 heavy (non-hydrogen) atoms. The topological polar surface area (TPSA) is 80.3 Å². The number of ether oxygens (including phenoxy) is 1. The van der Waals surface area contributed by atoms with Crippen LogP contribution in [0.1, 0.15) is 50.7 Å². The van der Waals surface area contributed by atoms with Crippen LogP contribution in [0.15, 0.2) is 95.5 Å². The lowest BCUT2D eigenvalue weighted by Gasteiger charge is -2.39. The van der Waals surface area contributed by atoms with Crippen LogP contribution in [0.25, 0.3) is 0 Å². The molecule has 1 aliphatic carbocycles. The van der Waals surface area contributed by atoms with Gasteiger partial charge in [-0.05, 0) is 67.1 Å². The SMILES string of the molecule is CC1=C(C(=O)Nc2ccc(C)cn2)[C@H](c2cccc(Oc3ccccc3)c2)C2=C(CC(C)(C)CC2=O)N1. The molecule has 2 aliphatic rings. The van der Waals surface area contributed by atoms with Crippen LogP contribution < -0.4 is 15.4 Å². The predicted octanol–water partition coefficient (Wildman–Crippen LogP) is 6.43. The van der Waals surface area contributed by atoms with Gasteiger partial charge in [-0.2, -0.15) is 0 Å². The number of para-hydroxylation sites is 1. The van der Waals surface area contributed by atoms with Gasteiger partial charge in [0.05, 0.1) is 0 Å². The third-order valence-corrected chi connectivity index (χ3v) is 6.81. The Labute approximate surface area is 217 Å². The van der Waals surface area contributed by atoms with E-state index in [0.29, 0.717) is 29.1 Å². The van der Waals surface area contributed by atoms with Gasteiger partial charge >= 0.3 is 0 Å². The minimum Gasteiger partial charge on any atom is -0.457 e. The Morgan fingerprint density at radius 3 is 2.49 bits per heavy atom. The molecule has 6 nitrogen and oxygen atoms in total. The zero-order chi connectivity index (χ0) is 26.2. The Balaban J connectivity index is 1.57. The molecule has 2 aromatic carbocycles. The molecule has 5 rings (SSSR count). The number of hydrogen-bond donors (Lipinski definition) is 2. The van der Waals surface area contributed by atoms with E-state index in [9.17, 15) is 9.59 Å². The summed E-state index contributed by atoms with van der Waals surface area (Å²) in [7, 11) is 0. The number of dihydropyridines is 1. The molecular formula is C31H31N3O3. The number of nitrogens with one attached hydrogen (secondary N) is 2. The second kappa shape index (κ2) is 9.69. The van der Waals surface area contributed by atoms with Crippen LogP contribution in [-0.4, -0.2) is 16.7 Å². The van der Waals surface area contributed by atoms with Crippen LogP contribution in [-0.2, 0) is 9.59 Å². The number of aromatic nitrogens is 1. The largest absolute Gasteiger partial charge is 0.457 e. The van der Waals surface area contributed by atoms with Crippen LogP contribution in [0.4, 0.5) is 5.82 Å². The van der Waals surface area contributed by atoms with Gasteiger partial charge < -0.3 is 15.4 Å². The first-order valence-electron chi connectivity index (χ1n) is 12.5. The summed E-state index contributed by atoms with van der Waals surface area (Å²) >= 11 is 0. The number of benzene rings is 2. The van der Waals surface area contributed by atoms with Crippen molar-refractivity contribution in [3.63, 3.8) is 0 Å². The van der Waals surface area contributed by atoms with Crippen molar-refractivity contribution in [3.05, 3.63) is 107 Å². The Hall–Kier alpha value is -4.19. The molecule has 2 N–H and O–H groups in total. The normalized spacial score (nSPS) is 18.7. The van der Waals surface area contributed by atoms with Crippen molar-refractivity contribution >= 4 is 17.5 Å². The zero-order valence-corrected chi connectivity index (χ0v) is 21.6. The van der Waals surface area contributed by atoms with Crippen LogP contribution >= 0.6 is 0 Å². The first-order chi connectivity index (χ1) is 17.7. The highest BCUT2D eigenvalue weighted by atomic mass is 16.5. The van der Waals surface area contributed by atoms with Crippen molar-refractivity contribution in [3.8, 4) is 11.5 Å². The van der Waals surface area contributed by atoms with Gasteiger partial charge in [0.15, 0.2) is 5.78 Å². The van der Waals surface area contributed by atoms with Gasteiger partial charge in [-0.1, -0.05) is 50.2 Å². The van der Waals surface area contributed by atoms with Gasteiger partial charge in [-0.15, -0.1) is 0 Å². The number of pyridine rings is 1. The molecule has 1 atom stereocenters. The van der Waals surface area contributed by atoms with E-state index in [1.54, 1.807) is 12.3 Å². The van der Waals surface area contributed by atoms with E-state index in [1.807, 2.05) is 74.5 Å². The van der Waals surface area contributed by atoms with E-state index in [2.05, 4.69) is 29.5 Å². The lowest BCUT2D eigenvalue weighted by atomic mass is 9.68. The number of rotatable bonds is 5. The van der Waals surface area contributed by atoms with Crippen molar-refractivity contribution < 1.29 is 14.3 Å². The quantitative estimate of drug-likeness (QED) is 0.428. The summed E-state index contributed by atoms with van der Waals surface area (Å²) in [5.74, 6) is 1.08. The number of allylic oxidation sites excluding steroid dienone is 3. The lowest BCUT2D eigenvalue weighted by Crippen LogP contribution is -2.39. The van der Waals surface area contributed by atoms with Gasteiger partial charge in [-0.3, -0.25) is 9.59 Å². The smallest absolute Gasteiger partial charge is 0.255 e. The average Bonchev–Trinajstić information content (AvgIpc) is 2.84. The monoisotopic (exact) mass is 493 g/mol. The predicted molar refractivity (Wildman–Crippen MR) is 144 cm³/mol. The summed E-state index contributed by atoms with van der Waals surface area (Å²) in [5.41, 5.74) is 4.46. The summed E-state index contributed by atoms with van der Waals surface area (Å²) in [6, 6.07) is 20.9. The first-order valence-corrected chi connectivity index (χ1v) is 12.5. The number of carbonyl (C=O) groups is 2. The van der Waals surface area contributed by atoms with Crippen LogP contribution in [0.3, 0.4) is 0 Å². The van der Waals surface area contributed by atoms with Gasteiger partial charge in [0, 0.05) is 41.1 Å². The summed E-state index contributed by atoms with van der Waals surface area (Å²) in [4.78, 5) is 31.6. The number of aryl methyl sites for hydroxylation is 1. The van der Waals surface area contributed by atoms with Gasteiger partial charge in [0.2, 0.25) is 0 Å². The van der Waals surface area contributed by atoms with E-state index in [0.717, 1.165) is 34.7 Å². The molecule has 0 saturated heterocycles. The minimum absolute atomic E-state index is 0.0596. The van der Waals surface area contributed by atoms with E-state index in [-0.39, 0.29) is 17.1 Å². The molecule has 3 aromatic rings. The molecule has 0 unspecified atom stereocenters. The number of carbonyl (C=O) groups excluding carboxylic acids is 2. The third kappa shape index (κ3) is 5.19. The number of amides is 1. The van der Waals surface area contributed by atoms with Gasteiger partial charge in [0.25, 0.3) is 5.91 Å². The Bertz CT molecular complexity index is 1420. The van der Waals surface area contributed by atoms with Crippen molar-refractivity contribution in [1.29, 1.82) is 0 Å². The summed E-state index contributed by atoms with van der Waals surface area (Å²) < 4.78 is 6.09. The minimum atomic E-state index is -0.523.